The number of nitriles is 1. The lowest BCUT2D eigenvalue weighted by molar-refractivity contribution is 0.174. The van der Waals surface area contributed by atoms with Crippen molar-refractivity contribution in [1.29, 1.82) is 5.26 Å². The average molecular weight is 327 g/mol. The van der Waals surface area contributed by atoms with E-state index in [-0.39, 0.29) is 18.0 Å². The number of ether oxygens (including phenoxy) is 2. The molecule has 24 heavy (non-hydrogen) atoms. The van der Waals surface area contributed by atoms with Crippen molar-refractivity contribution in [2.24, 2.45) is 0 Å². The topological polar surface area (TPSA) is 83.4 Å². The van der Waals surface area contributed by atoms with Crippen molar-refractivity contribution in [3.8, 4) is 17.6 Å². The Labute approximate surface area is 137 Å². The van der Waals surface area contributed by atoms with E-state index in [0.29, 0.717) is 24.5 Å². The summed E-state index contributed by atoms with van der Waals surface area (Å²) < 4.78 is 23.6. The number of hydrogen-bond acceptors (Lipinski definition) is 4. The molecule has 2 aromatic carbocycles. The molecule has 2 N–H and O–H groups in total. The fourth-order valence-electron chi connectivity index (χ4n) is 2.30. The van der Waals surface area contributed by atoms with Crippen molar-refractivity contribution in [1.82, 2.24) is 5.32 Å². The van der Waals surface area contributed by atoms with Gasteiger partial charge in [-0.3, -0.25) is 0 Å². The monoisotopic (exact) mass is 327 g/mol. The molecule has 0 unspecified atom stereocenters. The Morgan fingerprint density at radius 3 is 2.88 bits per heavy atom. The minimum absolute atomic E-state index is 0.0703. The summed E-state index contributed by atoms with van der Waals surface area (Å²) in [5.41, 5.74) is 1.33. The molecule has 0 atom stereocenters. The molecule has 2 aromatic rings. The molecule has 0 bridgehead atoms. The molecule has 6 nitrogen and oxygen atoms in total. The third-order valence-corrected chi connectivity index (χ3v) is 3.49. The van der Waals surface area contributed by atoms with Crippen LogP contribution in [-0.4, -0.2) is 19.4 Å². The second kappa shape index (κ2) is 6.87. The molecule has 122 valence electrons. The number of carbonyl (C=O) groups is 1. The smallest absolute Gasteiger partial charge is 0.319 e. The van der Waals surface area contributed by atoms with E-state index in [1.54, 1.807) is 0 Å². The molecular formula is C17H14FN3O3. The minimum Gasteiger partial charge on any atom is -0.454 e. The van der Waals surface area contributed by atoms with Crippen LogP contribution in [0, 0.1) is 17.1 Å². The zero-order chi connectivity index (χ0) is 16.9. The van der Waals surface area contributed by atoms with E-state index >= 15 is 0 Å². The van der Waals surface area contributed by atoms with Crippen molar-refractivity contribution in [2.45, 2.75) is 6.42 Å². The summed E-state index contributed by atoms with van der Waals surface area (Å²) in [6.07, 6.45) is 0.610. The van der Waals surface area contributed by atoms with Crippen molar-refractivity contribution in [3.63, 3.8) is 0 Å². The predicted octanol–water partition coefficient (Wildman–Crippen LogP) is 2.79. The minimum atomic E-state index is -0.527. The van der Waals surface area contributed by atoms with Gasteiger partial charge in [-0.25, -0.2) is 9.18 Å². The number of hydrogen-bond donors (Lipinski definition) is 2. The summed E-state index contributed by atoms with van der Waals surface area (Å²) in [7, 11) is 0. The number of fused-ring (bicyclic) bond motifs is 1. The third kappa shape index (κ3) is 3.55. The van der Waals surface area contributed by atoms with Crippen LogP contribution in [-0.2, 0) is 6.42 Å². The van der Waals surface area contributed by atoms with Crippen molar-refractivity contribution < 1.29 is 18.7 Å². The van der Waals surface area contributed by atoms with Gasteiger partial charge >= 0.3 is 6.03 Å². The van der Waals surface area contributed by atoms with Gasteiger partial charge in [0.2, 0.25) is 6.79 Å². The summed E-state index contributed by atoms with van der Waals surface area (Å²) in [6, 6.07) is 10.6. The second-order valence-corrected chi connectivity index (χ2v) is 5.12. The number of halogens is 1. The molecule has 1 aliphatic heterocycles. The van der Waals surface area contributed by atoms with Crippen LogP contribution < -0.4 is 20.1 Å². The molecular weight excluding hydrogens is 313 g/mol. The van der Waals surface area contributed by atoms with Gasteiger partial charge in [-0.15, -0.1) is 0 Å². The Balaban J connectivity index is 1.52. The van der Waals surface area contributed by atoms with Gasteiger partial charge in [0.15, 0.2) is 11.5 Å². The van der Waals surface area contributed by atoms with Gasteiger partial charge in [0.05, 0.1) is 11.3 Å². The molecule has 0 fully saturated rings. The van der Waals surface area contributed by atoms with Crippen LogP contribution >= 0.6 is 0 Å². The molecule has 1 heterocycles. The Morgan fingerprint density at radius 1 is 1.21 bits per heavy atom. The molecule has 0 aromatic heterocycles. The van der Waals surface area contributed by atoms with Crippen LogP contribution in [0.15, 0.2) is 36.4 Å². The van der Waals surface area contributed by atoms with E-state index in [1.807, 2.05) is 24.3 Å². The van der Waals surface area contributed by atoms with E-state index in [0.717, 1.165) is 11.6 Å². The average Bonchev–Trinajstić information content (AvgIpc) is 3.04. The maximum absolute atomic E-state index is 13.1. The normalized spacial score (nSPS) is 11.7. The zero-order valence-corrected chi connectivity index (χ0v) is 12.6. The van der Waals surface area contributed by atoms with E-state index in [2.05, 4.69) is 10.6 Å². The number of urea groups is 1. The SMILES string of the molecule is N#Cc1cc(F)ccc1NC(=O)NCCc1ccc2c(c1)OCO2. The molecule has 1 aliphatic rings. The molecule has 0 radical (unpaired) electrons. The van der Waals surface area contributed by atoms with Crippen molar-refractivity contribution >= 4 is 11.7 Å². The Hall–Kier alpha value is -3.27. The summed E-state index contributed by atoms with van der Waals surface area (Å²) in [4.78, 5) is 11.9. The first-order valence-electron chi connectivity index (χ1n) is 7.29. The highest BCUT2D eigenvalue weighted by Gasteiger charge is 2.13. The molecule has 2 amide bonds. The first-order chi connectivity index (χ1) is 11.7. The number of nitrogens with one attached hydrogen (secondary N) is 2. The highest BCUT2D eigenvalue weighted by molar-refractivity contribution is 5.90. The van der Waals surface area contributed by atoms with Crippen LogP contribution in [0.1, 0.15) is 11.1 Å². The Morgan fingerprint density at radius 2 is 2.04 bits per heavy atom. The lowest BCUT2D eigenvalue weighted by Crippen LogP contribution is -2.30. The maximum atomic E-state index is 13.1. The largest absolute Gasteiger partial charge is 0.454 e. The van der Waals surface area contributed by atoms with Gasteiger partial charge in [-0.05, 0) is 42.3 Å². The van der Waals surface area contributed by atoms with Gasteiger partial charge in [0.25, 0.3) is 0 Å². The first kappa shape index (κ1) is 15.6. The molecule has 3 rings (SSSR count). The summed E-state index contributed by atoms with van der Waals surface area (Å²) in [5.74, 6) is 0.882. The summed E-state index contributed by atoms with van der Waals surface area (Å²) in [6.45, 7) is 0.618. The fourth-order valence-corrected chi connectivity index (χ4v) is 2.30. The van der Waals surface area contributed by atoms with E-state index in [4.69, 9.17) is 14.7 Å². The number of anilines is 1. The van der Waals surface area contributed by atoms with Gasteiger partial charge in [0, 0.05) is 6.54 Å². The lowest BCUT2D eigenvalue weighted by Gasteiger charge is -2.09. The van der Waals surface area contributed by atoms with Gasteiger partial charge in [0.1, 0.15) is 11.9 Å². The van der Waals surface area contributed by atoms with Crippen LogP contribution in [0.2, 0.25) is 0 Å². The van der Waals surface area contributed by atoms with Crippen LogP contribution in [0.25, 0.3) is 0 Å². The quantitative estimate of drug-likeness (QED) is 0.904. The second-order valence-electron chi connectivity index (χ2n) is 5.12. The number of benzene rings is 2. The number of rotatable bonds is 4. The number of carbonyl (C=O) groups excluding carboxylic acids is 1. The van der Waals surface area contributed by atoms with Crippen LogP contribution in [0.3, 0.4) is 0 Å². The van der Waals surface area contributed by atoms with E-state index in [9.17, 15) is 9.18 Å². The summed E-state index contributed by atoms with van der Waals surface area (Å²) in [5, 5.41) is 14.2. The fraction of sp³-hybridized carbons (Fsp3) is 0.176. The highest BCUT2D eigenvalue weighted by atomic mass is 19.1. The molecule has 0 spiro atoms. The van der Waals surface area contributed by atoms with E-state index in [1.165, 1.54) is 12.1 Å². The molecule has 0 saturated heterocycles. The lowest BCUT2D eigenvalue weighted by atomic mass is 10.1. The molecule has 0 aliphatic carbocycles. The number of amides is 2. The van der Waals surface area contributed by atoms with Gasteiger partial charge < -0.3 is 20.1 Å². The Bertz CT molecular complexity index is 817. The van der Waals surface area contributed by atoms with E-state index < -0.39 is 11.8 Å². The predicted molar refractivity (Wildman–Crippen MR) is 84.4 cm³/mol. The molecule has 7 heteroatoms. The highest BCUT2D eigenvalue weighted by Crippen LogP contribution is 2.32. The van der Waals surface area contributed by atoms with Crippen molar-refractivity contribution in [2.75, 3.05) is 18.7 Å². The zero-order valence-electron chi connectivity index (χ0n) is 12.6. The van der Waals surface area contributed by atoms with Gasteiger partial charge in [-0.1, -0.05) is 6.07 Å². The van der Waals surface area contributed by atoms with Crippen molar-refractivity contribution in [3.05, 3.63) is 53.3 Å². The first-order valence-corrected chi connectivity index (χ1v) is 7.29. The maximum Gasteiger partial charge on any atom is 0.319 e. The molecule has 0 saturated carbocycles. The van der Waals surface area contributed by atoms with Gasteiger partial charge in [-0.2, -0.15) is 5.26 Å². The number of nitrogens with zero attached hydrogens (tertiary/aromatic N) is 1. The summed E-state index contributed by atoms with van der Waals surface area (Å²) >= 11 is 0. The Kier molecular flexibility index (Phi) is 4.47. The third-order valence-electron chi connectivity index (χ3n) is 3.49. The van der Waals surface area contributed by atoms with Crippen LogP contribution in [0.4, 0.5) is 14.9 Å². The standard InChI is InChI=1S/C17H14FN3O3/c18-13-2-3-14(12(8-13)9-19)21-17(22)20-6-5-11-1-4-15-16(7-11)24-10-23-15/h1-4,7-8H,5-6,10H2,(H2,20,21,22). The van der Waals surface area contributed by atoms with Crippen LogP contribution in [0.5, 0.6) is 11.5 Å².